The second-order valence-corrected chi connectivity index (χ2v) is 5.24. The maximum atomic E-state index is 12.1. The summed E-state index contributed by atoms with van der Waals surface area (Å²) >= 11 is 1.38. The first kappa shape index (κ1) is 14.6. The van der Waals surface area contributed by atoms with Gasteiger partial charge in [-0.3, -0.25) is 9.59 Å². The smallest absolute Gasteiger partial charge is 0.323 e. The van der Waals surface area contributed by atoms with Gasteiger partial charge < -0.3 is 14.9 Å². The van der Waals surface area contributed by atoms with Crippen LogP contribution in [0.25, 0.3) is 0 Å². The second kappa shape index (κ2) is 6.46. The zero-order valence-electron chi connectivity index (χ0n) is 10.7. The molecule has 0 bridgehead atoms. The fourth-order valence-corrected chi connectivity index (χ4v) is 1.95. The first-order chi connectivity index (χ1) is 8.40. The van der Waals surface area contributed by atoms with E-state index in [2.05, 4.69) is 4.98 Å². The van der Waals surface area contributed by atoms with Gasteiger partial charge in [0, 0.05) is 18.5 Å². The number of hydrogen-bond donors (Lipinski definition) is 1. The number of hydrogen-bond acceptors (Lipinski definition) is 5. The van der Waals surface area contributed by atoms with Gasteiger partial charge in [0.15, 0.2) is 0 Å². The highest BCUT2D eigenvalue weighted by Gasteiger charge is 2.20. The lowest BCUT2D eigenvalue weighted by Gasteiger charge is -2.21. The molecule has 18 heavy (non-hydrogen) atoms. The van der Waals surface area contributed by atoms with Gasteiger partial charge in [-0.2, -0.15) is 0 Å². The van der Waals surface area contributed by atoms with Crippen molar-refractivity contribution < 1.29 is 14.7 Å². The van der Waals surface area contributed by atoms with Crippen LogP contribution < -0.4 is 0 Å². The van der Waals surface area contributed by atoms with E-state index in [1.807, 2.05) is 25.9 Å². The number of amides is 1. The molecule has 0 atom stereocenters. The predicted octanol–water partition coefficient (Wildman–Crippen LogP) is 0.540. The summed E-state index contributed by atoms with van der Waals surface area (Å²) in [6.45, 7) is 2.49. The minimum Gasteiger partial charge on any atom is -0.480 e. The van der Waals surface area contributed by atoms with Crippen molar-refractivity contribution in [2.75, 3.05) is 33.7 Å². The summed E-state index contributed by atoms with van der Waals surface area (Å²) in [5.74, 6) is -1.35. The molecule has 0 aliphatic heterocycles. The monoisotopic (exact) mass is 271 g/mol. The number of carboxylic acid groups (broad SMARTS) is 1. The molecule has 7 heteroatoms. The number of aliphatic carboxylic acids is 1. The van der Waals surface area contributed by atoms with Crippen LogP contribution in [-0.4, -0.2) is 65.5 Å². The van der Waals surface area contributed by atoms with Gasteiger partial charge in [0.2, 0.25) is 0 Å². The zero-order valence-corrected chi connectivity index (χ0v) is 11.5. The number of aromatic nitrogens is 1. The zero-order chi connectivity index (χ0) is 13.7. The van der Waals surface area contributed by atoms with Gasteiger partial charge in [0.05, 0.1) is 5.01 Å². The van der Waals surface area contributed by atoms with Gasteiger partial charge in [-0.25, -0.2) is 4.98 Å². The number of carbonyl (C=O) groups is 2. The number of aryl methyl sites for hydroxylation is 1. The SMILES string of the molecule is Cc1nc(C(=O)N(CCN(C)C)CC(=O)O)cs1. The first-order valence-electron chi connectivity index (χ1n) is 5.48. The first-order valence-corrected chi connectivity index (χ1v) is 6.36. The van der Waals surface area contributed by atoms with Crippen LogP contribution in [0.3, 0.4) is 0 Å². The van der Waals surface area contributed by atoms with Crippen molar-refractivity contribution in [3.8, 4) is 0 Å². The van der Waals surface area contributed by atoms with Crippen LogP contribution in [0.4, 0.5) is 0 Å². The molecule has 1 rings (SSSR count). The van der Waals surface area contributed by atoms with Crippen molar-refractivity contribution in [3.05, 3.63) is 16.1 Å². The van der Waals surface area contributed by atoms with E-state index in [9.17, 15) is 9.59 Å². The molecule has 0 unspecified atom stereocenters. The van der Waals surface area contributed by atoms with Gasteiger partial charge >= 0.3 is 5.97 Å². The molecule has 0 saturated carbocycles. The van der Waals surface area contributed by atoms with E-state index in [4.69, 9.17) is 5.11 Å². The average Bonchev–Trinajstić information content (AvgIpc) is 2.69. The maximum absolute atomic E-state index is 12.1. The highest BCUT2D eigenvalue weighted by Crippen LogP contribution is 2.10. The Morgan fingerprint density at radius 1 is 1.39 bits per heavy atom. The molecule has 0 saturated heterocycles. The Bertz CT molecular complexity index is 431. The van der Waals surface area contributed by atoms with Gasteiger partial charge in [-0.1, -0.05) is 0 Å². The Hall–Kier alpha value is -1.47. The Labute approximate surface area is 110 Å². The van der Waals surface area contributed by atoms with E-state index in [0.29, 0.717) is 18.8 Å². The van der Waals surface area contributed by atoms with E-state index < -0.39 is 5.97 Å². The van der Waals surface area contributed by atoms with Crippen LogP contribution in [0.5, 0.6) is 0 Å². The fraction of sp³-hybridized carbons (Fsp3) is 0.545. The van der Waals surface area contributed by atoms with E-state index in [0.717, 1.165) is 5.01 Å². The third kappa shape index (κ3) is 4.42. The molecule has 0 aromatic carbocycles. The van der Waals surface area contributed by atoms with Gasteiger partial charge in [-0.05, 0) is 21.0 Å². The van der Waals surface area contributed by atoms with Crippen LogP contribution in [0.1, 0.15) is 15.5 Å². The van der Waals surface area contributed by atoms with Crippen molar-refractivity contribution in [3.63, 3.8) is 0 Å². The molecule has 0 spiro atoms. The van der Waals surface area contributed by atoms with Crippen LogP contribution >= 0.6 is 11.3 Å². The molecule has 0 radical (unpaired) electrons. The van der Waals surface area contributed by atoms with Crippen molar-refractivity contribution in [2.24, 2.45) is 0 Å². The van der Waals surface area contributed by atoms with E-state index >= 15 is 0 Å². The summed E-state index contributed by atoms with van der Waals surface area (Å²) in [4.78, 5) is 30.2. The van der Waals surface area contributed by atoms with Crippen molar-refractivity contribution in [2.45, 2.75) is 6.92 Å². The van der Waals surface area contributed by atoms with Crippen LogP contribution in [0.2, 0.25) is 0 Å². The minimum absolute atomic E-state index is 0.302. The quantitative estimate of drug-likeness (QED) is 0.817. The third-order valence-corrected chi connectivity index (χ3v) is 3.04. The molecular weight excluding hydrogens is 254 g/mol. The molecule has 0 aliphatic rings. The maximum Gasteiger partial charge on any atom is 0.323 e. The summed E-state index contributed by atoms with van der Waals surface area (Å²) in [5.41, 5.74) is 0.317. The van der Waals surface area contributed by atoms with E-state index in [1.165, 1.54) is 16.2 Å². The van der Waals surface area contributed by atoms with Crippen LogP contribution in [0.15, 0.2) is 5.38 Å². The summed E-state index contributed by atoms with van der Waals surface area (Å²) in [7, 11) is 3.74. The van der Waals surface area contributed by atoms with Crippen molar-refractivity contribution in [1.82, 2.24) is 14.8 Å². The van der Waals surface area contributed by atoms with Gasteiger partial charge in [0.25, 0.3) is 5.91 Å². The normalized spacial score (nSPS) is 10.7. The Morgan fingerprint density at radius 2 is 2.06 bits per heavy atom. The summed E-state index contributed by atoms with van der Waals surface area (Å²) in [6, 6.07) is 0. The highest BCUT2D eigenvalue weighted by atomic mass is 32.1. The van der Waals surface area contributed by atoms with E-state index in [1.54, 1.807) is 5.38 Å². The molecule has 1 aromatic rings. The molecule has 0 fully saturated rings. The van der Waals surface area contributed by atoms with Crippen molar-refractivity contribution >= 4 is 23.2 Å². The standard InChI is InChI=1S/C11H17N3O3S/c1-8-12-9(7-18-8)11(17)14(6-10(15)16)5-4-13(2)3/h7H,4-6H2,1-3H3,(H,15,16). The Kier molecular flexibility index (Phi) is 5.24. The summed E-state index contributed by atoms with van der Waals surface area (Å²) in [5, 5.41) is 11.3. The Balaban J connectivity index is 2.75. The van der Waals surface area contributed by atoms with E-state index in [-0.39, 0.29) is 12.5 Å². The molecule has 1 heterocycles. The summed E-state index contributed by atoms with van der Waals surface area (Å²) < 4.78 is 0. The number of carbonyl (C=O) groups excluding carboxylic acids is 1. The lowest BCUT2D eigenvalue weighted by molar-refractivity contribution is -0.137. The lowest BCUT2D eigenvalue weighted by atomic mass is 10.3. The molecular formula is C11H17N3O3S. The van der Waals surface area contributed by atoms with Crippen LogP contribution in [-0.2, 0) is 4.79 Å². The second-order valence-electron chi connectivity index (χ2n) is 4.18. The summed E-state index contributed by atoms with van der Waals surface area (Å²) in [6.07, 6.45) is 0. The van der Waals surface area contributed by atoms with Gasteiger partial charge in [-0.15, -0.1) is 11.3 Å². The van der Waals surface area contributed by atoms with Crippen LogP contribution in [0, 0.1) is 6.92 Å². The predicted molar refractivity (Wildman–Crippen MR) is 68.9 cm³/mol. The molecule has 1 N–H and O–H groups in total. The van der Waals surface area contributed by atoms with Crippen molar-refractivity contribution in [1.29, 1.82) is 0 Å². The number of thiazole rings is 1. The lowest BCUT2D eigenvalue weighted by Crippen LogP contribution is -2.40. The average molecular weight is 271 g/mol. The highest BCUT2D eigenvalue weighted by molar-refractivity contribution is 7.09. The number of rotatable bonds is 6. The number of likely N-dealkylation sites (N-methyl/N-ethyl adjacent to an activating group) is 1. The van der Waals surface area contributed by atoms with Gasteiger partial charge in [0.1, 0.15) is 12.2 Å². The molecule has 6 nitrogen and oxygen atoms in total. The molecule has 0 aliphatic carbocycles. The molecule has 1 amide bonds. The fourth-order valence-electron chi connectivity index (χ4n) is 1.36. The number of carboxylic acids is 1. The minimum atomic E-state index is -1.02. The largest absolute Gasteiger partial charge is 0.480 e. The molecule has 1 aromatic heterocycles. The molecule has 100 valence electrons. The Morgan fingerprint density at radius 3 is 2.50 bits per heavy atom. The topological polar surface area (TPSA) is 73.7 Å². The number of nitrogens with zero attached hydrogens (tertiary/aromatic N) is 3. The third-order valence-electron chi connectivity index (χ3n) is 2.27.